The van der Waals surface area contributed by atoms with E-state index in [-0.39, 0.29) is 5.41 Å². The van der Waals surface area contributed by atoms with E-state index in [1.54, 1.807) is 39.9 Å². The second kappa shape index (κ2) is 8.95. The molecule has 4 rings (SSSR count). The van der Waals surface area contributed by atoms with E-state index in [4.69, 9.17) is 28.2 Å². The number of benzene rings is 2. The molecule has 0 bridgehead atoms. The summed E-state index contributed by atoms with van der Waals surface area (Å²) in [6.07, 6.45) is 0. The summed E-state index contributed by atoms with van der Waals surface area (Å²) >= 11 is 13.7. The zero-order valence-electron chi connectivity index (χ0n) is 18.2. The monoisotopic (exact) mass is 509 g/mol. The Kier molecular flexibility index (Phi) is 6.58. The molecule has 3 aromatic rings. The summed E-state index contributed by atoms with van der Waals surface area (Å²) in [5.74, 6) is 0. The lowest BCUT2D eigenvalue weighted by Crippen LogP contribution is -2.48. The van der Waals surface area contributed by atoms with Crippen molar-refractivity contribution in [2.75, 3.05) is 31.1 Å². The van der Waals surface area contributed by atoms with Crippen LogP contribution < -0.4 is 4.90 Å². The Morgan fingerprint density at radius 2 is 1.59 bits per heavy atom. The largest absolute Gasteiger partial charge is 0.345 e. The van der Waals surface area contributed by atoms with Crippen LogP contribution in [-0.2, 0) is 15.4 Å². The van der Waals surface area contributed by atoms with E-state index in [9.17, 15) is 8.42 Å². The summed E-state index contributed by atoms with van der Waals surface area (Å²) in [6.45, 7) is 8.36. The SMILES string of the molecule is CC(C)(C)c1ccc(S(=O)(=O)N2CCN(c3nc(-c4ccc(Cl)c(Cl)c4)cs3)CC2)cc1. The second-order valence-electron chi connectivity index (χ2n) is 8.81. The maximum Gasteiger partial charge on any atom is 0.243 e. The zero-order valence-corrected chi connectivity index (χ0v) is 21.3. The maximum atomic E-state index is 13.1. The van der Waals surface area contributed by atoms with Gasteiger partial charge in [-0.3, -0.25) is 0 Å². The first-order valence-electron chi connectivity index (χ1n) is 10.3. The van der Waals surface area contributed by atoms with Crippen LogP contribution in [0.25, 0.3) is 11.3 Å². The summed E-state index contributed by atoms with van der Waals surface area (Å²) < 4.78 is 27.8. The molecule has 1 aliphatic rings. The van der Waals surface area contributed by atoms with Crippen LogP contribution in [0.4, 0.5) is 5.13 Å². The van der Waals surface area contributed by atoms with Crippen molar-refractivity contribution in [1.82, 2.24) is 9.29 Å². The van der Waals surface area contributed by atoms with E-state index < -0.39 is 10.0 Å². The molecular weight excluding hydrogens is 485 g/mol. The second-order valence-corrected chi connectivity index (χ2v) is 12.4. The molecule has 1 aromatic heterocycles. The van der Waals surface area contributed by atoms with Crippen LogP contribution in [0.15, 0.2) is 52.7 Å². The fourth-order valence-corrected chi connectivity index (χ4v) is 6.20. The molecule has 0 saturated carbocycles. The lowest BCUT2D eigenvalue weighted by molar-refractivity contribution is 0.384. The Balaban J connectivity index is 1.44. The number of anilines is 1. The average molecular weight is 511 g/mol. The van der Waals surface area contributed by atoms with Crippen LogP contribution in [0.3, 0.4) is 0 Å². The fraction of sp³-hybridized carbons (Fsp3) is 0.348. The molecule has 1 aliphatic heterocycles. The van der Waals surface area contributed by atoms with Gasteiger partial charge in [-0.15, -0.1) is 11.3 Å². The van der Waals surface area contributed by atoms with Gasteiger partial charge in [0.15, 0.2) is 5.13 Å². The molecule has 170 valence electrons. The Labute approximate surface area is 203 Å². The molecule has 2 aromatic carbocycles. The van der Waals surface area contributed by atoms with Gasteiger partial charge >= 0.3 is 0 Å². The minimum atomic E-state index is -3.51. The third kappa shape index (κ3) is 4.82. The molecule has 5 nitrogen and oxygen atoms in total. The minimum Gasteiger partial charge on any atom is -0.345 e. The van der Waals surface area contributed by atoms with Crippen LogP contribution in [0.1, 0.15) is 26.3 Å². The molecule has 1 saturated heterocycles. The van der Waals surface area contributed by atoms with Gasteiger partial charge in [0.05, 0.1) is 20.6 Å². The van der Waals surface area contributed by atoms with Gasteiger partial charge in [-0.1, -0.05) is 62.2 Å². The number of hydrogen-bond acceptors (Lipinski definition) is 5. The molecule has 0 amide bonds. The summed E-state index contributed by atoms with van der Waals surface area (Å²) in [5, 5.41) is 3.86. The van der Waals surface area contributed by atoms with Crippen molar-refractivity contribution < 1.29 is 8.42 Å². The Morgan fingerprint density at radius 1 is 0.938 bits per heavy atom. The first-order valence-corrected chi connectivity index (χ1v) is 13.4. The van der Waals surface area contributed by atoms with E-state index in [0.29, 0.717) is 41.1 Å². The van der Waals surface area contributed by atoms with E-state index in [0.717, 1.165) is 22.0 Å². The summed E-state index contributed by atoms with van der Waals surface area (Å²) in [5.41, 5.74) is 2.83. The van der Waals surface area contributed by atoms with E-state index in [1.165, 1.54) is 0 Å². The highest BCUT2D eigenvalue weighted by molar-refractivity contribution is 7.89. The van der Waals surface area contributed by atoms with Gasteiger partial charge in [-0.05, 0) is 35.2 Å². The van der Waals surface area contributed by atoms with Crippen LogP contribution in [-0.4, -0.2) is 43.9 Å². The highest BCUT2D eigenvalue weighted by atomic mass is 35.5. The fourth-order valence-electron chi connectivity index (χ4n) is 3.59. The molecule has 9 heteroatoms. The van der Waals surface area contributed by atoms with Gasteiger partial charge in [-0.25, -0.2) is 13.4 Å². The molecule has 0 N–H and O–H groups in total. The topological polar surface area (TPSA) is 53.5 Å². The molecule has 0 unspecified atom stereocenters. The highest BCUT2D eigenvalue weighted by Gasteiger charge is 2.29. The Bertz CT molecular complexity index is 1210. The number of halogens is 2. The van der Waals surface area contributed by atoms with E-state index in [1.807, 2.05) is 23.6 Å². The van der Waals surface area contributed by atoms with Crippen molar-refractivity contribution in [3.63, 3.8) is 0 Å². The maximum absolute atomic E-state index is 13.1. The molecule has 0 aliphatic carbocycles. The van der Waals surface area contributed by atoms with Crippen molar-refractivity contribution in [2.24, 2.45) is 0 Å². The van der Waals surface area contributed by atoms with E-state index >= 15 is 0 Å². The Morgan fingerprint density at radius 3 is 2.19 bits per heavy atom. The number of thiazole rings is 1. The van der Waals surface area contributed by atoms with Crippen molar-refractivity contribution in [3.05, 3.63) is 63.5 Å². The lowest BCUT2D eigenvalue weighted by Gasteiger charge is -2.33. The standard InChI is InChI=1S/C23H25Cl2N3O2S2/c1-23(2,3)17-5-7-18(8-6-17)32(29,30)28-12-10-27(11-13-28)22-26-21(15-31-22)16-4-9-19(24)20(25)14-16/h4-9,14-15H,10-13H2,1-3H3. The molecule has 32 heavy (non-hydrogen) atoms. The smallest absolute Gasteiger partial charge is 0.243 e. The van der Waals surface area contributed by atoms with Crippen LogP contribution in [0, 0.1) is 0 Å². The third-order valence-corrected chi connectivity index (χ3v) is 9.13. The van der Waals surface area contributed by atoms with Gasteiger partial charge in [0.2, 0.25) is 10.0 Å². The molecular formula is C23H25Cl2N3O2S2. The molecule has 0 spiro atoms. The first kappa shape index (κ1) is 23.5. The van der Waals surface area contributed by atoms with Crippen molar-refractivity contribution in [1.29, 1.82) is 0 Å². The molecule has 1 fully saturated rings. The number of nitrogens with zero attached hydrogens (tertiary/aromatic N) is 3. The van der Waals surface area contributed by atoms with Gasteiger partial charge in [0, 0.05) is 37.1 Å². The lowest BCUT2D eigenvalue weighted by atomic mass is 9.87. The van der Waals surface area contributed by atoms with Crippen molar-refractivity contribution in [3.8, 4) is 11.3 Å². The van der Waals surface area contributed by atoms with Gasteiger partial charge in [0.25, 0.3) is 0 Å². The molecule has 2 heterocycles. The first-order chi connectivity index (χ1) is 15.1. The quantitative estimate of drug-likeness (QED) is 0.437. The predicted molar refractivity (Wildman–Crippen MR) is 134 cm³/mol. The average Bonchev–Trinajstić information content (AvgIpc) is 3.25. The Hall–Kier alpha value is -1.64. The predicted octanol–water partition coefficient (Wildman–Crippen LogP) is 5.93. The summed E-state index contributed by atoms with van der Waals surface area (Å²) in [6, 6.07) is 12.7. The zero-order chi connectivity index (χ0) is 23.1. The van der Waals surface area contributed by atoms with Crippen LogP contribution >= 0.6 is 34.5 Å². The summed E-state index contributed by atoms with van der Waals surface area (Å²) in [7, 11) is -3.51. The molecule has 0 atom stereocenters. The van der Waals surface area contributed by atoms with Gasteiger partial charge in [-0.2, -0.15) is 4.31 Å². The van der Waals surface area contributed by atoms with Gasteiger partial charge in [0.1, 0.15) is 0 Å². The number of sulfonamides is 1. The highest BCUT2D eigenvalue weighted by Crippen LogP contribution is 2.32. The number of hydrogen-bond donors (Lipinski definition) is 0. The number of aromatic nitrogens is 1. The minimum absolute atomic E-state index is 0.0160. The summed E-state index contributed by atoms with van der Waals surface area (Å²) in [4.78, 5) is 7.20. The third-order valence-electron chi connectivity index (χ3n) is 5.57. The van der Waals surface area contributed by atoms with Gasteiger partial charge < -0.3 is 4.90 Å². The van der Waals surface area contributed by atoms with Crippen molar-refractivity contribution in [2.45, 2.75) is 31.1 Å². The van der Waals surface area contributed by atoms with E-state index in [2.05, 4.69) is 25.7 Å². The number of rotatable bonds is 4. The molecule has 0 radical (unpaired) electrons. The van der Waals surface area contributed by atoms with Crippen molar-refractivity contribution >= 4 is 49.7 Å². The van der Waals surface area contributed by atoms with Crippen LogP contribution in [0.2, 0.25) is 10.0 Å². The normalized spacial score (nSPS) is 15.8. The number of piperazine rings is 1. The van der Waals surface area contributed by atoms with Crippen LogP contribution in [0.5, 0.6) is 0 Å².